The summed E-state index contributed by atoms with van der Waals surface area (Å²) in [6.07, 6.45) is 5.36. The van der Waals surface area contributed by atoms with Crippen LogP contribution in [0.4, 0.5) is 0 Å². The van der Waals surface area contributed by atoms with Crippen molar-refractivity contribution in [1.29, 1.82) is 0 Å². The van der Waals surface area contributed by atoms with Crippen LogP contribution in [-0.2, 0) is 36.8 Å². The molecule has 1 aliphatic rings. The lowest BCUT2D eigenvalue weighted by Crippen LogP contribution is -2.55. The Morgan fingerprint density at radius 2 is 1.84 bits per heavy atom. The number of carbonyl (C=O) groups is 4. The minimum Gasteiger partial charge on any atom is -0.460 e. The highest BCUT2D eigenvalue weighted by Gasteiger charge is 2.36. The Bertz CT molecular complexity index is 1070. The molecule has 10 heteroatoms. The first-order valence-electron chi connectivity index (χ1n) is 13.3. The number of nitrogens with one attached hydrogen (secondary N) is 3. The Hall–Kier alpha value is -3.69. The van der Waals surface area contributed by atoms with Crippen LogP contribution in [0.5, 0.6) is 0 Å². The zero-order valence-corrected chi connectivity index (χ0v) is 22.6. The summed E-state index contributed by atoms with van der Waals surface area (Å²) in [6.45, 7) is 5.59. The summed E-state index contributed by atoms with van der Waals surface area (Å²) in [7, 11) is 1.52. The fourth-order valence-electron chi connectivity index (χ4n) is 4.61. The number of hydrogen-bond acceptors (Lipinski definition) is 6. The number of cyclic esters (lactones) is 1. The normalized spacial score (nSPS) is 24.4. The summed E-state index contributed by atoms with van der Waals surface area (Å²) in [5.74, 6) is -2.00. The maximum absolute atomic E-state index is 13.5. The van der Waals surface area contributed by atoms with Crippen molar-refractivity contribution in [2.75, 3.05) is 7.05 Å². The molecule has 0 radical (unpaired) electrons. The Labute approximate surface area is 223 Å². The van der Waals surface area contributed by atoms with E-state index in [1.165, 1.54) is 18.3 Å². The number of amides is 3. The molecule has 2 aromatic rings. The van der Waals surface area contributed by atoms with Gasteiger partial charge in [-0.25, -0.2) is 9.78 Å². The molecule has 1 aliphatic heterocycles. The molecule has 206 valence electrons. The average molecular weight is 526 g/mol. The Kier molecular flexibility index (Phi) is 10.4. The van der Waals surface area contributed by atoms with Gasteiger partial charge < -0.3 is 25.3 Å². The minimum absolute atomic E-state index is 0.0841. The van der Waals surface area contributed by atoms with E-state index in [1.807, 2.05) is 37.3 Å². The van der Waals surface area contributed by atoms with Gasteiger partial charge in [0.15, 0.2) is 0 Å². The molecule has 0 aliphatic carbocycles. The molecule has 2 heterocycles. The van der Waals surface area contributed by atoms with Gasteiger partial charge in [0.1, 0.15) is 24.2 Å². The molecule has 1 saturated heterocycles. The zero-order valence-electron chi connectivity index (χ0n) is 22.6. The lowest BCUT2D eigenvalue weighted by atomic mass is 9.95. The van der Waals surface area contributed by atoms with Crippen molar-refractivity contribution in [2.45, 2.75) is 83.5 Å². The first kappa shape index (κ1) is 28.9. The number of aromatic nitrogens is 2. The number of H-pyrrole nitrogens is 1. The summed E-state index contributed by atoms with van der Waals surface area (Å²) in [5.41, 5.74) is 1.52. The van der Waals surface area contributed by atoms with Gasteiger partial charge in [-0.1, -0.05) is 57.0 Å². The Balaban J connectivity index is 1.94. The largest absolute Gasteiger partial charge is 0.460 e. The third kappa shape index (κ3) is 7.90. The van der Waals surface area contributed by atoms with Gasteiger partial charge in [0.25, 0.3) is 0 Å². The van der Waals surface area contributed by atoms with Gasteiger partial charge in [-0.05, 0) is 24.8 Å². The molecule has 0 spiro atoms. The number of ether oxygens (including phenoxy) is 1. The second kappa shape index (κ2) is 13.7. The number of aromatic amines is 1. The van der Waals surface area contributed by atoms with Crippen LogP contribution in [0.15, 0.2) is 42.9 Å². The van der Waals surface area contributed by atoms with Crippen molar-refractivity contribution in [2.24, 2.45) is 5.92 Å². The van der Waals surface area contributed by atoms with E-state index in [9.17, 15) is 19.2 Å². The van der Waals surface area contributed by atoms with Crippen LogP contribution in [0, 0.1) is 5.92 Å². The highest BCUT2D eigenvalue weighted by Crippen LogP contribution is 2.21. The van der Waals surface area contributed by atoms with E-state index < -0.39 is 42.0 Å². The summed E-state index contributed by atoms with van der Waals surface area (Å²) >= 11 is 0. The van der Waals surface area contributed by atoms with Gasteiger partial charge in [0.05, 0.1) is 12.7 Å². The second-order valence-electron chi connectivity index (χ2n) is 10.1. The molecular weight excluding hydrogens is 486 g/mol. The van der Waals surface area contributed by atoms with E-state index in [0.717, 1.165) is 24.8 Å². The van der Waals surface area contributed by atoms with Crippen LogP contribution in [0.1, 0.15) is 57.7 Å². The molecule has 3 amide bonds. The fourth-order valence-corrected chi connectivity index (χ4v) is 4.61. The number of benzene rings is 1. The molecule has 0 bridgehead atoms. The van der Waals surface area contributed by atoms with Crippen LogP contribution in [0.2, 0.25) is 0 Å². The molecule has 1 aromatic carbocycles. The number of esters is 1. The highest BCUT2D eigenvalue weighted by molar-refractivity contribution is 5.94. The van der Waals surface area contributed by atoms with Crippen LogP contribution in [0.25, 0.3) is 0 Å². The molecular formula is C28H39N5O5. The summed E-state index contributed by atoms with van der Waals surface area (Å²) < 4.78 is 5.96. The summed E-state index contributed by atoms with van der Waals surface area (Å²) in [6, 6.07) is 6.56. The van der Waals surface area contributed by atoms with Gasteiger partial charge in [-0.15, -0.1) is 0 Å². The zero-order chi connectivity index (χ0) is 27.7. The molecule has 1 aromatic heterocycles. The quantitative estimate of drug-likeness (QED) is 0.452. The molecule has 1 fully saturated rings. The third-order valence-electron chi connectivity index (χ3n) is 7.02. The number of carbonyl (C=O) groups excluding carboxylic acids is 4. The van der Waals surface area contributed by atoms with Gasteiger partial charge in [-0.3, -0.25) is 14.4 Å². The molecule has 3 rings (SSSR count). The lowest BCUT2D eigenvalue weighted by molar-refractivity contribution is -0.162. The van der Waals surface area contributed by atoms with Crippen LogP contribution < -0.4 is 10.6 Å². The second-order valence-corrected chi connectivity index (χ2v) is 10.1. The predicted octanol–water partition coefficient (Wildman–Crippen LogP) is 2.15. The summed E-state index contributed by atoms with van der Waals surface area (Å²) in [4.78, 5) is 61.6. The van der Waals surface area contributed by atoms with E-state index in [4.69, 9.17) is 4.74 Å². The van der Waals surface area contributed by atoms with Crippen molar-refractivity contribution in [1.82, 2.24) is 25.5 Å². The molecule has 5 atom stereocenters. The van der Waals surface area contributed by atoms with Crippen LogP contribution in [-0.4, -0.2) is 69.8 Å². The predicted molar refractivity (Wildman–Crippen MR) is 142 cm³/mol. The third-order valence-corrected chi connectivity index (χ3v) is 7.02. The Morgan fingerprint density at radius 1 is 1.11 bits per heavy atom. The monoisotopic (exact) mass is 525 g/mol. The molecule has 0 saturated carbocycles. The van der Waals surface area contributed by atoms with Crippen molar-refractivity contribution in [3.63, 3.8) is 0 Å². The van der Waals surface area contributed by atoms with Gasteiger partial charge >= 0.3 is 5.97 Å². The van der Waals surface area contributed by atoms with Crippen LogP contribution >= 0.6 is 0 Å². The topological polar surface area (TPSA) is 133 Å². The number of likely N-dealkylation sites (N-methyl/N-ethyl adjacent to an activating group) is 1. The maximum atomic E-state index is 13.5. The average Bonchev–Trinajstić information content (AvgIpc) is 3.42. The number of rotatable bonds is 8. The van der Waals surface area contributed by atoms with E-state index in [-0.39, 0.29) is 31.1 Å². The SMILES string of the molecule is CCCC[C@H](C)[C@H]1CC(=O)N[C@@H](Cc2ccccc2)C(=O)N[C@@H](C)C(=O)N(C)[C@@H](Cc2cnc[nH]2)C(=O)O1. The van der Waals surface area contributed by atoms with E-state index >= 15 is 0 Å². The van der Waals surface area contributed by atoms with Crippen molar-refractivity contribution < 1.29 is 23.9 Å². The van der Waals surface area contributed by atoms with Crippen molar-refractivity contribution >= 4 is 23.7 Å². The van der Waals surface area contributed by atoms with Gasteiger partial charge in [-0.2, -0.15) is 0 Å². The lowest BCUT2D eigenvalue weighted by Gasteiger charge is -2.31. The van der Waals surface area contributed by atoms with Gasteiger partial charge in [0, 0.05) is 31.8 Å². The molecule has 0 unspecified atom stereocenters. The molecule has 10 nitrogen and oxygen atoms in total. The highest BCUT2D eigenvalue weighted by atomic mass is 16.5. The Morgan fingerprint density at radius 3 is 2.50 bits per heavy atom. The minimum atomic E-state index is -0.966. The van der Waals surface area contributed by atoms with E-state index in [0.29, 0.717) is 5.69 Å². The number of hydrogen-bond donors (Lipinski definition) is 3. The first-order chi connectivity index (χ1) is 18.2. The standard InChI is InChI=1S/C28H39N5O5/c1-5-6-10-18(2)24-15-25(34)32-22(13-20-11-8-7-9-12-20)26(35)31-19(3)27(36)33(4)23(28(37)38-24)14-21-16-29-17-30-21/h7-9,11-12,16-19,22-24H,5-6,10,13-15H2,1-4H3,(H,29,30)(H,31,35)(H,32,34)/t18-,19-,22-,23-,24+/m0/s1. The van der Waals surface area contributed by atoms with E-state index in [1.54, 1.807) is 13.1 Å². The fraction of sp³-hybridized carbons (Fsp3) is 0.536. The first-order valence-corrected chi connectivity index (χ1v) is 13.3. The molecule has 3 N–H and O–H groups in total. The molecule has 38 heavy (non-hydrogen) atoms. The maximum Gasteiger partial charge on any atom is 0.329 e. The summed E-state index contributed by atoms with van der Waals surface area (Å²) in [5, 5.41) is 5.55. The van der Waals surface area contributed by atoms with Crippen molar-refractivity contribution in [3.8, 4) is 0 Å². The van der Waals surface area contributed by atoms with E-state index in [2.05, 4.69) is 27.5 Å². The van der Waals surface area contributed by atoms with Crippen LogP contribution in [0.3, 0.4) is 0 Å². The van der Waals surface area contributed by atoms with Gasteiger partial charge in [0.2, 0.25) is 17.7 Å². The number of nitrogens with zero attached hydrogens (tertiary/aromatic N) is 2. The number of imidazole rings is 1. The number of unbranched alkanes of at least 4 members (excludes halogenated alkanes) is 1. The van der Waals surface area contributed by atoms with Crippen molar-refractivity contribution in [3.05, 3.63) is 54.1 Å². The smallest absolute Gasteiger partial charge is 0.329 e.